The number of hydrogen-bond acceptors (Lipinski definition) is 5. The van der Waals surface area contributed by atoms with E-state index in [0.717, 1.165) is 30.3 Å². The molecule has 0 saturated carbocycles. The van der Waals surface area contributed by atoms with Crippen molar-refractivity contribution in [3.8, 4) is 5.75 Å². The molecule has 2 aromatic carbocycles. The van der Waals surface area contributed by atoms with Crippen LogP contribution in [0.4, 0.5) is 0 Å². The second-order valence-corrected chi connectivity index (χ2v) is 7.53. The summed E-state index contributed by atoms with van der Waals surface area (Å²) in [6.07, 6.45) is 0.0393. The molecule has 27 heavy (non-hydrogen) atoms. The van der Waals surface area contributed by atoms with Gasteiger partial charge in [-0.2, -0.15) is 0 Å². The van der Waals surface area contributed by atoms with Crippen molar-refractivity contribution < 1.29 is 14.3 Å². The Balaban J connectivity index is 1.37. The molecule has 0 radical (unpaired) electrons. The van der Waals surface area contributed by atoms with Gasteiger partial charge in [0.15, 0.2) is 0 Å². The number of morpholine rings is 1. The van der Waals surface area contributed by atoms with Crippen LogP contribution < -0.4 is 10.1 Å². The number of thioether (sulfide) groups is 1. The zero-order valence-electron chi connectivity index (χ0n) is 15.6. The van der Waals surface area contributed by atoms with Crippen LogP contribution in [0.1, 0.15) is 5.56 Å². The lowest BCUT2D eigenvalue weighted by Crippen LogP contribution is -2.47. The van der Waals surface area contributed by atoms with E-state index in [4.69, 9.17) is 9.47 Å². The second kappa shape index (κ2) is 10.3. The maximum absolute atomic E-state index is 12.1. The minimum atomic E-state index is 0.0274. The Kier molecular flexibility index (Phi) is 7.56. The van der Waals surface area contributed by atoms with E-state index < -0.39 is 0 Å². The van der Waals surface area contributed by atoms with Crippen molar-refractivity contribution in [1.82, 2.24) is 10.2 Å². The summed E-state index contributed by atoms with van der Waals surface area (Å²) < 4.78 is 10.9. The summed E-state index contributed by atoms with van der Waals surface area (Å²) in [6.45, 7) is 3.93. The fourth-order valence-electron chi connectivity index (χ4n) is 2.99. The van der Waals surface area contributed by atoms with Crippen LogP contribution in [-0.2, 0) is 16.1 Å². The highest BCUT2D eigenvalue weighted by atomic mass is 32.2. The number of nitrogens with one attached hydrogen (secondary N) is 1. The van der Waals surface area contributed by atoms with Gasteiger partial charge in [-0.3, -0.25) is 9.69 Å². The number of benzene rings is 2. The first-order valence-electron chi connectivity index (χ1n) is 9.14. The van der Waals surface area contributed by atoms with Crippen molar-refractivity contribution >= 4 is 17.7 Å². The molecule has 1 saturated heterocycles. The van der Waals surface area contributed by atoms with Gasteiger partial charge in [-0.15, -0.1) is 11.8 Å². The minimum Gasteiger partial charge on any atom is -0.497 e. The first kappa shape index (κ1) is 19.7. The molecular formula is C21H26N2O3S. The van der Waals surface area contributed by atoms with Gasteiger partial charge < -0.3 is 14.8 Å². The largest absolute Gasteiger partial charge is 0.497 e. The van der Waals surface area contributed by atoms with Gasteiger partial charge in [0.2, 0.25) is 5.91 Å². The average Bonchev–Trinajstić information content (AvgIpc) is 2.72. The quantitative estimate of drug-likeness (QED) is 0.707. The summed E-state index contributed by atoms with van der Waals surface area (Å²) in [6, 6.07) is 18.2. The molecule has 1 N–H and O–H groups in total. The van der Waals surface area contributed by atoms with Crippen molar-refractivity contribution in [2.45, 2.75) is 17.5 Å². The maximum Gasteiger partial charge on any atom is 0.230 e. The number of carbonyl (C=O) groups is 1. The molecule has 0 aromatic heterocycles. The van der Waals surface area contributed by atoms with Crippen molar-refractivity contribution in [2.24, 2.45) is 0 Å². The zero-order chi connectivity index (χ0) is 18.9. The Labute approximate surface area is 165 Å². The summed E-state index contributed by atoms with van der Waals surface area (Å²) in [5, 5.41) is 2.99. The van der Waals surface area contributed by atoms with Crippen molar-refractivity contribution in [2.75, 3.05) is 39.1 Å². The molecule has 2 aromatic rings. The molecule has 1 fully saturated rings. The van der Waals surface area contributed by atoms with Crippen LogP contribution in [0, 0.1) is 0 Å². The van der Waals surface area contributed by atoms with E-state index in [1.54, 1.807) is 7.11 Å². The number of rotatable bonds is 8. The SMILES string of the molecule is COc1ccc(SCC(=O)NCC2CN(Cc3ccccc3)CCO2)cc1. The molecular weight excluding hydrogens is 360 g/mol. The number of nitrogens with zero attached hydrogens (tertiary/aromatic N) is 1. The summed E-state index contributed by atoms with van der Waals surface area (Å²) in [7, 11) is 1.64. The highest BCUT2D eigenvalue weighted by Gasteiger charge is 2.21. The van der Waals surface area contributed by atoms with E-state index in [-0.39, 0.29) is 12.0 Å². The molecule has 1 atom stereocenters. The lowest BCUT2D eigenvalue weighted by molar-refractivity contribution is -0.119. The highest BCUT2D eigenvalue weighted by Crippen LogP contribution is 2.21. The number of methoxy groups -OCH3 is 1. The lowest BCUT2D eigenvalue weighted by Gasteiger charge is -2.33. The highest BCUT2D eigenvalue weighted by molar-refractivity contribution is 8.00. The third kappa shape index (κ3) is 6.57. The first-order chi connectivity index (χ1) is 13.2. The molecule has 0 aliphatic carbocycles. The van der Waals surface area contributed by atoms with E-state index in [0.29, 0.717) is 18.9 Å². The zero-order valence-corrected chi connectivity index (χ0v) is 16.4. The normalized spacial score (nSPS) is 17.4. The maximum atomic E-state index is 12.1. The standard InChI is InChI=1S/C21H26N2O3S/c1-25-18-7-9-20(10-8-18)27-16-21(24)22-13-19-15-23(11-12-26-19)14-17-5-3-2-4-6-17/h2-10,19H,11-16H2,1H3,(H,22,24). The minimum absolute atomic E-state index is 0.0274. The Hall–Kier alpha value is -2.02. The van der Waals surface area contributed by atoms with Crippen LogP contribution >= 0.6 is 11.8 Å². The lowest BCUT2D eigenvalue weighted by atomic mass is 10.2. The Morgan fingerprint density at radius 3 is 2.74 bits per heavy atom. The van der Waals surface area contributed by atoms with Crippen LogP contribution in [0.15, 0.2) is 59.5 Å². The summed E-state index contributed by atoms with van der Waals surface area (Å²) in [5.41, 5.74) is 1.30. The van der Waals surface area contributed by atoms with Crippen LogP contribution in [0.5, 0.6) is 5.75 Å². The molecule has 0 bridgehead atoms. The van der Waals surface area contributed by atoms with Gasteiger partial charge in [-0.25, -0.2) is 0 Å². The topological polar surface area (TPSA) is 50.8 Å². The van der Waals surface area contributed by atoms with Crippen LogP contribution in [0.3, 0.4) is 0 Å². The van der Waals surface area contributed by atoms with E-state index >= 15 is 0 Å². The van der Waals surface area contributed by atoms with Gasteiger partial charge in [0, 0.05) is 31.1 Å². The summed E-state index contributed by atoms with van der Waals surface area (Å²) in [4.78, 5) is 15.6. The second-order valence-electron chi connectivity index (χ2n) is 6.48. The van der Waals surface area contributed by atoms with E-state index in [2.05, 4.69) is 34.5 Å². The molecule has 5 nitrogen and oxygen atoms in total. The molecule has 3 rings (SSSR count). The monoisotopic (exact) mass is 386 g/mol. The Morgan fingerprint density at radius 1 is 1.22 bits per heavy atom. The average molecular weight is 387 g/mol. The predicted molar refractivity (Wildman–Crippen MR) is 108 cm³/mol. The molecule has 1 amide bonds. The third-order valence-corrected chi connectivity index (χ3v) is 5.44. The van der Waals surface area contributed by atoms with Crippen LogP contribution in [-0.4, -0.2) is 56.0 Å². The van der Waals surface area contributed by atoms with Gasteiger partial charge in [0.25, 0.3) is 0 Å². The van der Waals surface area contributed by atoms with Gasteiger partial charge in [0.05, 0.1) is 25.6 Å². The number of hydrogen-bond donors (Lipinski definition) is 1. The van der Waals surface area contributed by atoms with Gasteiger partial charge in [-0.05, 0) is 29.8 Å². The Bertz CT molecular complexity index is 709. The molecule has 6 heteroatoms. The third-order valence-electron chi connectivity index (χ3n) is 4.43. The molecule has 1 aliphatic rings. The molecule has 0 spiro atoms. The Morgan fingerprint density at radius 2 is 2.00 bits per heavy atom. The fourth-order valence-corrected chi connectivity index (χ4v) is 3.72. The van der Waals surface area contributed by atoms with E-state index in [9.17, 15) is 4.79 Å². The smallest absolute Gasteiger partial charge is 0.230 e. The number of ether oxygens (including phenoxy) is 2. The van der Waals surface area contributed by atoms with Crippen LogP contribution in [0.2, 0.25) is 0 Å². The van der Waals surface area contributed by atoms with Crippen LogP contribution in [0.25, 0.3) is 0 Å². The molecule has 1 heterocycles. The molecule has 144 valence electrons. The summed E-state index contributed by atoms with van der Waals surface area (Å²) >= 11 is 1.52. The van der Waals surface area contributed by atoms with E-state index in [1.165, 1.54) is 17.3 Å². The van der Waals surface area contributed by atoms with Crippen molar-refractivity contribution in [1.29, 1.82) is 0 Å². The van der Waals surface area contributed by atoms with Gasteiger partial charge in [0.1, 0.15) is 5.75 Å². The molecule has 1 unspecified atom stereocenters. The predicted octanol–water partition coefficient (Wildman–Crippen LogP) is 2.80. The van der Waals surface area contributed by atoms with Crippen molar-refractivity contribution in [3.05, 3.63) is 60.2 Å². The summed E-state index contributed by atoms with van der Waals surface area (Å²) in [5.74, 6) is 1.24. The first-order valence-corrected chi connectivity index (χ1v) is 10.1. The van der Waals surface area contributed by atoms with Gasteiger partial charge >= 0.3 is 0 Å². The molecule has 1 aliphatic heterocycles. The van der Waals surface area contributed by atoms with E-state index in [1.807, 2.05) is 30.3 Å². The number of carbonyl (C=O) groups excluding carboxylic acids is 1. The van der Waals surface area contributed by atoms with Gasteiger partial charge in [-0.1, -0.05) is 30.3 Å². The fraction of sp³-hybridized carbons (Fsp3) is 0.381. The van der Waals surface area contributed by atoms with Crippen molar-refractivity contribution in [3.63, 3.8) is 0 Å². The number of amides is 1.